The van der Waals surface area contributed by atoms with E-state index in [1.165, 1.54) is 0 Å². The Morgan fingerprint density at radius 1 is 1.53 bits per heavy atom. The van der Waals surface area contributed by atoms with Gasteiger partial charge in [0.1, 0.15) is 5.82 Å². The van der Waals surface area contributed by atoms with Gasteiger partial charge in [-0.3, -0.25) is 0 Å². The van der Waals surface area contributed by atoms with Gasteiger partial charge in [0.15, 0.2) is 5.16 Å². The first-order valence-electron chi connectivity index (χ1n) is 5.63. The summed E-state index contributed by atoms with van der Waals surface area (Å²) in [6.45, 7) is 3.19. The molecule has 0 amide bonds. The van der Waals surface area contributed by atoms with Gasteiger partial charge in [-0.05, 0) is 48.6 Å². The van der Waals surface area contributed by atoms with Gasteiger partial charge in [0.2, 0.25) is 0 Å². The topological polar surface area (TPSA) is 49.2 Å². The molecule has 1 aliphatic rings. The second-order valence-electron chi connectivity index (χ2n) is 4.11. The number of halogens is 1. The Morgan fingerprint density at radius 2 is 2.29 bits per heavy atom. The van der Waals surface area contributed by atoms with Crippen LogP contribution in [0.5, 0.6) is 0 Å². The minimum Gasteiger partial charge on any atom is -0.394 e. The molecule has 0 unspecified atom stereocenters. The fraction of sp³-hybridized carbons (Fsp3) is 0.636. The smallest absolute Gasteiger partial charge is 0.189 e. The van der Waals surface area contributed by atoms with Gasteiger partial charge in [0.25, 0.3) is 0 Å². The molecular weight excluding hydrogens is 349 g/mol. The number of aromatic nitrogens is 2. The van der Waals surface area contributed by atoms with E-state index in [0.29, 0.717) is 0 Å². The van der Waals surface area contributed by atoms with Crippen LogP contribution in [0.1, 0.15) is 18.5 Å². The third-order valence-corrected chi connectivity index (χ3v) is 4.83. The van der Waals surface area contributed by atoms with Crippen molar-refractivity contribution >= 4 is 40.2 Å². The zero-order valence-electron chi connectivity index (χ0n) is 9.98. The molecule has 0 radical (unpaired) electrons. The van der Waals surface area contributed by atoms with E-state index in [1.54, 1.807) is 11.8 Å². The SMILES string of the molecule is CSc1nc(C)c(I)c(N2CCC[C@H]2CO)n1. The highest BCUT2D eigenvalue weighted by atomic mass is 127. The Bertz CT molecular complexity index is 416. The normalized spacial score (nSPS) is 20.0. The molecule has 1 aromatic heterocycles. The van der Waals surface area contributed by atoms with Crippen molar-refractivity contribution < 1.29 is 5.11 Å². The molecule has 94 valence electrons. The number of hydrogen-bond acceptors (Lipinski definition) is 5. The quantitative estimate of drug-likeness (QED) is 0.505. The third kappa shape index (κ3) is 2.68. The number of aryl methyl sites for hydroxylation is 1. The maximum atomic E-state index is 9.39. The van der Waals surface area contributed by atoms with Gasteiger partial charge < -0.3 is 10.0 Å². The second kappa shape index (κ2) is 5.71. The van der Waals surface area contributed by atoms with Crippen molar-refractivity contribution in [2.45, 2.75) is 31.0 Å². The van der Waals surface area contributed by atoms with E-state index >= 15 is 0 Å². The van der Waals surface area contributed by atoms with E-state index in [4.69, 9.17) is 0 Å². The van der Waals surface area contributed by atoms with Gasteiger partial charge >= 0.3 is 0 Å². The summed E-state index contributed by atoms with van der Waals surface area (Å²) < 4.78 is 1.10. The Morgan fingerprint density at radius 3 is 2.94 bits per heavy atom. The summed E-state index contributed by atoms with van der Waals surface area (Å²) in [5.41, 5.74) is 1.02. The minimum atomic E-state index is 0.202. The minimum absolute atomic E-state index is 0.202. The molecule has 1 atom stereocenters. The molecule has 6 heteroatoms. The van der Waals surface area contributed by atoms with E-state index in [2.05, 4.69) is 37.5 Å². The fourth-order valence-electron chi connectivity index (χ4n) is 2.10. The van der Waals surface area contributed by atoms with E-state index in [0.717, 1.165) is 39.6 Å². The highest BCUT2D eigenvalue weighted by Gasteiger charge is 2.27. The second-order valence-corrected chi connectivity index (χ2v) is 5.96. The molecule has 0 bridgehead atoms. The lowest BCUT2D eigenvalue weighted by Gasteiger charge is -2.25. The zero-order chi connectivity index (χ0) is 12.4. The lowest BCUT2D eigenvalue weighted by atomic mass is 10.2. The standard InChI is InChI=1S/C11H16IN3OS/c1-7-9(12)10(14-11(13-7)17-2)15-5-3-4-8(15)6-16/h8,16H,3-6H2,1-2H3/t8-/m0/s1. The van der Waals surface area contributed by atoms with Gasteiger partial charge in [-0.2, -0.15) is 0 Å². The molecule has 0 saturated carbocycles. The highest BCUT2D eigenvalue weighted by Crippen LogP contribution is 2.30. The van der Waals surface area contributed by atoms with Crippen LogP contribution in [-0.2, 0) is 0 Å². The molecule has 1 fully saturated rings. The van der Waals surface area contributed by atoms with Crippen LogP contribution in [0, 0.1) is 10.5 Å². The summed E-state index contributed by atoms with van der Waals surface area (Å²) in [5.74, 6) is 0.985. The number of hydrogen-bond donors (Lipinski definition) is 1. The highest BCUT2D eigenvalue weighted by molar-refractivity contribution is 14.1. The molecule has 17 heavy (non-hydrogen) atoms. The molecule has 1 saturated heterocycles. The summed E-state index contributed by atoms with van der Waals surface area (Å²) in [6.07, 6.45) is 4.15. The Labute approximate surface area is 119 Å². The van der Waals surface area contributed by atoms with Gasteiger partial charge in [-0.1, -0.05) is 11.8 Å². The van der Waals surface area contributed by atoms with E-state index < -0.39 is 0 Å². The predicted octanol–water partition coefficient (Wildman–Crippen LogP) is 2.07. The summed E-state index contributed by atoms with van der Waals surface area (Å²) >= 11 is 3.86. The van der Waals surface area contributed by atoms with E-state index in [1.807, 2.05) is 13.2 Å². The fourth-order valence-corrected chi connectivity index (χ4v) is 3.06. The van der Waals surface area contributed by atoms with Crippen molar-refractivity contribution in [3.63, 3.8) is 0 Å². The number of rotatable bonds is 3. The van der Waals surface area contributed by atoms with Crippen LogP contribution in [0.2, 0.25) is 0 Å². The zero-order valence-corrected chi connectivity index (χ0v) is 13.0. The monoisotopic (exact) mass is 365 g/mol. The van der Waals surface area contributed by atoms with Crippen LogP contribution in [0.4, 0.5) is 5.82 Å². The molecule has 0 aromatic carbocycles. The Balaban J connectivity index is 2.39. The van der Waals surface area contributed by atoms with Crippen LogP contribution < -0.4 is 4.90 Å². The van der Waals surface area contributed by atoms with Crippen molar-refractivity contribution in [1.29, 1.82) is 0 Å². The van der Waals surface area contributed by atoms with E-state index in [9.17, 15) is 5.11 Å². The summed E-state index contributed by atoms with van der Waals surface area (Å²) in [5, 5.41) is 10.2. The van der Waals surface area contributed by atoms with Crippen molar-refractivity contribution in [2.75, 3.05) is 24.3 Å². The lowest BCUT2D eigenvalue weighted by molar-refractivity contribution is 0.266. The van der Waals surface area contributed by atoms with Gasteiger partial charge in [0.05, 0.1) is 21.9 Å². The molecular formula is C11H16IN3OS. The van der Waals surface area contributed by atoms with Crippen molar-refractivity contribution in [1.82, 2.24) is 9.97 Å². The number of aliphatic hydroxyl groups excluding tert-OH is 1. The molecule has 2 rings (SSSR count). The number of nitrogens with zero attached hydrogens (tertiary/aromatic N) is 3. The van der Waals surface area contributed by atoms with Gasteiger partial charge in [0, 0.05) is 6.54 Å². The summed E-state index contributed by atoms with van der Waals surface area (Å²) in [6, 6.07) is 0.215. The van der Waals surface area contributed by atoms with Crippen LogP contribution in [0.15, 0.2) is 5.16 Å². The molecule has 2 heterocycles. The van der Waals surface area contributed by atoms with Crippen LogP contribution in [0.25, 0.3) is 0 Å². The molecule has 4 nitrogen and oxygen atoms in total. The maximum Gasteiger partial charge on any atom is 0.189 e. The number of thioether (sulfide) groups is 1. The first-order valence-corrected chi connectivity index (χ1v) is 7.93. The average Bonchev–Trinajstić information content (AvgIpc) is 2.80. The first kappa shape index (κ1) is 13.4. The van der Waals surface area contributed by atoms with Gasteiger partial charge in [-0.15, -0.1) is 0 Å². The van der Waals surface area contributed by atoms with Crippen molar-refractivity contribution in [3.05, 3.63) is 9.26 Å². The third-order valence-electron chi connectivity index (χ3n) is 3.02. The average molecular weight is 365 g/mol. The Kier molecular flexibility index (Phi) is 4.48. The number of aliphatic hydroxyl groups is 1. The van der Waals surface area contributed by atoms with Crippen LogP contribution >= 0.6 is 34.4 Å². The summed E-state index contributed by atoms with van der Waals surface area (Å²) in [7, 11) is 0. The van der Waals surface area contributed by atoms with Crippen LogP contribution in [0.3, 0.4) is 0 Å². The van der Waals surface area contributed by atoms with Gasteiger partial charge in [-0.25, -0.2) is 9.97 Å². The molecule has 0 spiro atoms. The van der Waals surface area contributed by atoms with Crippen LogP contribution in [-0.4, -0.2) is 40.5 Å². The molecule has 1 aromatic rings. The predicted molar refractivity (Wildman–Crippen MR) is 78.7 cm³/mol. The summed E-state index contributed by atoms with van der Waals surface area (Å²) in [4.78, 5) is 11.2. The van der Waals surface area contributed by atoms with Crippen molar-refractivity contribution in [2.24, 2.45) is 0 Å². The van der Waals surface area contributed by atoms with Crippen molar-refractivity contribution in [3.8, 4) is 0 Å². The van der Waals surface area contributed by atoms with E-state index in [-0.39, 0.29) is 12.6 Å². The molecule has 1 N–H and O–H groups in total. The lowest BCUT2D eigenvalue weighted by Crippen LogP contribution is -2.33. The largest absolute Gasteiger partial charge is 0.394 e. The maximum absolute atomic E-state index is 9.39. The first-order chi connectivity index (χ1) is 8.17. The molecule has 0 aliphatic carbocycles. The molecule has 1 aliphatic heterocycles. The number of anilines is 1. The Hall–Kier alpha value is -0.0800.